The number of allylic oxidation sites excluding steroid dienone is 16. The number of phosphoric acid groups is 1. The van der Waals surface area contributed by atoms with Gasteiger partial charge in [0.25, 0.3) is 0 Å². The molecule has 0 heterocycles. The maximum absolute atomic E-state index is 12.6. The third-order valence-corrected chi connectivity index (χ3v) is 9.47. The highest BCUT2D eigenvalue weighted by molar-refractivity contribution is 7.47. The van der Waals surface area contributed by atoms with Crippen molar-refractivity contribution >= 4 is 19.8 Å². The number of nitrogens with two attached hydrogens (primary N) is 1. The molecule has 3 N–H and O–H groups in total. The van der Waals surface area contributed by atoms with Gasteiger partial charge in [-0.25, -0.2) is 4.57 Å². The van der Waals surface area contributed by atoms with Gasteiger partial charge in [0.15, 0.2) is 6.10 Å². The molecule has 0 fully saturated rings. The van der Waals surface area contributed by atoms with Gasteiger partial charge in [-0.1, -0.05) is 162 Å². The SMILES string of the molecule is CC/C=C\C/C=C\C/C=C\C/C=C\C/C=C\C/C=C\C/C=C\C/C=C\CCCCC(=O)OC(COC(=O)CCCCCCCCCCC)COP(=O)(O)OCCN. The van der Waals surface area contributed by atoms with Gasteiger partial charge in [0.05, 0.1) is 13.2 Å². The summed E-state index contributed by atoms with van der Waals surface area (Å²) in [5.41, 5.74) is 5.33. The zero-order chi connectivity index (χ0) is 41.8. The molecule has 2 unspecified atom stereocenters. The van der Waals surface area contributed by atoms with E-state index in [2.05, 4.69) is 111 Å². The lowest BCUT2D eigenvalue weighted by atomic mass is 10.1. The van der Waals surface area contributed by atoms with E-state index in [0.717, 1.165) is 83.5 Å². The summed E-state index contributed by atoms with van der Waals surface area (Å²) >= 11 is 0. The summed E-state index contributed by atoms with van der Waals surface area (Å²) in [7, 11) is -4.39. The maximum Gasteiger partial charge on any atom is 0.472 e. The molecule has 10 heteroatoms. The van der Waals surface area contributed by atoms with Gasteiger partial charge in [-0.3, -0.25) is 18.6 Å². The van der Waals surface area contributed by atoms with Crippen LogP contribution in [0.3, 0.4) is 0 Å². The van der Waals surface area contributed by atoms with Crippen LogP contribution in [-0.4, -0.2) is 49.3 Å². The standard InChI is InChI=1S/C47H78NO8P/c1-3-5-7-9-11-13-14-15-16-17-18-19-20-21-22-23-24-25-26-27-28-29-30-32-34-36-38-40-47(50)56-45(44-55-57(51,52)54-42-41-48)43-53-46(49)39-37-35-33-31-12-10-8-6-4-2/h5,7,11,13,15-16,18-19,21-22,24-25,27-28,30,32,45H,3-4,6,8-10,12,14,17,20,23,26,29,31,33-44,48H2,1-2H3,(H,51,52)/b7-5-,13-11-,16-15-,19-18-,22-21-,25-24-,28-27-,32-30-. The van der Waals surface area contributed by atoms with Crippen molar-refractivity contribution in [2.24, 2.45) is 5.73 Å². The summed E-state index contributed by atoms with van der Waals surface area (Å²) in [4.78, 5) is 34.7. The van der Waals surface area contributed by atoms with Gasteiger partial charge >= 0.3 is 19.8 Å². The Balaban J connectivity index is 4.21. The lowest BCUT2D eigenvalue weighted by molar-refractivity contribution is -0.161. The van der Waals surface area contributed by atoms with Crippen LogP contribution in [0.2, 0.25) is 0 Å². The number of unbranched alkanes of at least 4 members (excludes halogenated alkanes) is 10. The van der Waals surface area contributed by atoms with E-state index in [4.69, 9.17) is 24.3 Å². The van der Waals surface area contributed by atoms with Crippen LogP contribution >= 0.6 is 7.82 Å². The largest absolute Gasteiger partial charge is 0.472 e. The lowest BCUT2D eigenvalue weighted by Crippen LogP contribution is -2.29. The van der Waals surface area contributed by atoms with E-state index in [0.29, 0.717) is 6.42 Å². The van der Waals surface area contributed by atoms with Crippen molar-refractivity contribution in [2.45, 2.75) is 161 Å². The second-order valence-electron chi connectivity index (χ2n) is 13.8. The number of hydrogen-bond acceptors (Lipinski definition) is 8. The zero-order valence-electron chi connectivity index (χ0n) is 35.5. The first-order valence-electron chi connectivity index (χ1n) is 21.7. The first-order valence-corrected chi connectivity index (χ1v) is 23.2. The van der Waals surface area contributed by atoms with E-state index < -0.39 is 32.5 Å². The number of carbonyl (C=O) groups is 2. The molecule has 0 spiro atoms. The van der Waals surface area contributed by atoms with Crippen LogP contribution in [-0.2, 0) is 32.7 Å². The molecule has 0 aromatic rings. The normalized spacial score (nSPS) is 14.2. The van der Waals surface area contributed by atoms with E-state index in [1.807, 2.05) is 0 Å². The van der Waals surface area contributed by atoms with Gasteiger partial charge in [-0.15, -0.1) is 0 Å². The predicted octanol–water partition coefficient (Wildman–Crippen LogP) is 12.6. The highest BCUT2D eigenvalue weighted by Crippen LogP contribution is 2.43. The average Bonchev–Trinajstić information content (AvgIpc) is 3.20. The molecule has 0 amide bonds. The van der Waals surface area contributed by atoms with Crippen LogP contribution in [0.4, 0.5) is 0 Å². The highest BCUT2D eigenvalue weighted by atomic mass is 31.2. The Bertz CT molecular complexity index is 1250. The molecule has 0 bridgehead atoms. The Labute approximate surface area is 346 Å². The number of phosphoric ester groups is 1. The molecule has 324 valence electrons. The van der Waals surface area contributed by atoms with Gasteiger partial charge in [0.2, 0.25) is 0 Å². The first-order chi connectivity index (χ1) is 27.8. The third-order valence-electron chi connectivity index (χ3n) is 8.48. The van der Waals surface area contributed by atoms with Crippen molar-refractivity contribution in [1.82, 2.24) is 0 Å². The number of ether oxygens (including phenoxy) is 2. The second kappa shape index (κ2) is 42.5. The van der Waals surface area contributed by atoms with Crippen LogP contribution in [0.1, 0.15) is 155 Å². The average molecular weight is 816 g/mol. The Morgan fingerprint density at radius 1 is 0.544 bits per heavy atom. The Hall–Kier alpha value is -3.07. The fraction of sp³-hybridized carbons (Fsp3) is 0.617. The summed E-state index contributed by atoms with van der Waals surface area (Å²) in [6, 6.07) is 0. The second-order valence-corrected chi connectivity index (χ2v) is 15.3. The fourth-order valence-electron chi connectivity index (χ4n) is 5.29. The minimum atomic E-state index is -4.39. The smallest absolute Gasteiger partial charge is 0.462 e. The molecule has 0 aliphatic carbocycles. The first kappa shape index (κ1) is 53.9. The zero-order valence-corrected chi connectivity index (χ0v) is 36.4. The molecule has 0 aliphatic heterocycles. The molecule has 0 saturated heterocycles. The summed E-state index contributed by atoms with van der Waals surface area (Å²) in [5.74, 6) is -0.892. The minimum absolute atomic E-state index is 0.0414. The Kier molecular flexibility index (Phi) is 40.2. The predicted molar refractivity (Wildman–Crippen MR) is 238 cm³/mol. The van der Waals surface area contributed by atoms with Crippen molar-refractivity contribution < 1.29 is 37.6 Å². The molecule has 0 rings (SSSR count). The molecule has 0 saturated carbocycles. The summed E-state index contributed by atoms with van der Waals surface area (Å²) in [6.45, 7) is 3.51. The van der Waals surface area contributed by atoms with E-state index in [9.17, 15) is 19.0 Å². The number of carbonyl (C=O) groups excluding carboxylic acids is 2. The van der Waals surface area contributed by atoms with E-state index in [1.165, 1.54) is 38.5 Å². The summed E-state index contributed by atoms with van der Waals surface area (Å²) < 4.78 is 32.6. The molecule has 9 nitrogen and oxygen atoms in total. The van der Waals surface area contributed by atoms with E-state index in [-0.39, 0.29) is 32.6 Å². The van der Waals surface area contributed by atoms with Crippen LogP contribution in [0.25, 0.3) is 0 Å². The van der Waals surface area contributed by atoms with Crippen molar-refractivity contribution in [3.8, 4) is 0 Å². The van der Waals surface area contributed by atoms with Crippen molar-refractivity contribution in [1.29, 1.82) is 0 Å². The monoisotopic (exact) mass is 816 g/mol. The van der Waals surface area contributed by atoms with Crippen LogP contribution in [0.5, 0.6) is 0 Å². The van der Waals surface area contributed by atoms with Crippen molar-refractivity contribution in [2.75, 3.05) is 26.4 Å². The molecule has 0 aromatic carbocycles. The van der Waals surface area contributed by atoms with Gasteiger partial charge in [-0.2, -0.15) is 0 Å². The maximum atomic E-state index is 12.6. The van der Waals surface area contributed by atoms with Gasteiger partial charge in [-0.05, 0) is 77.0 Å². The molecule has 57 heavy (non-hydrogen) atoms. The molecule has 2 atom stereocenters. The van der Waals surface area contributed by atoms with E-state index in [1.54, 1.807) is 0 Å². The van der Waals surface area contributed by atoms with Gasteiger partial charge in [0.1, 0.15) is 6.61 Å². The molecule has 0 aliphatic rings. The number of esters is 2. The van der Waals surface area contributed by atoms with E-state index >= 15 is 0 Å². The number of rotatable bonds is 39. The van der Waals surface area contributed by atoms with Gasteiger partial charge < -0.3 is 20.1 Å². The third kappa shape index (κ3) is 42.4. The Morgan fingerprint density at radius 3 is 1.44 bits per heavy atom. The van der Waals surface area contributed by atoms with Crippen LogP contribution < -0.4 is 5.73 Å². The Morgan fingerprint density at radius 2 is 0.965 bits per heavy atom. The van der Waals surface area contributed by atoms with Crippen LogP contribution in [0.15, 0.2) is 97.2 Å². The molecule has 0 aromatic heterocycles. The summed E-state index contributed by atoms with van der Waals surface area (Å²) in [6.07, 6.45) is 54.6. The fourth-order valence-corrected chi connectivity index (χ4v) is 6.06. The lowest BCUT2D eigenvalue weighted by Gasteiger charge is -2.19. The molecular formula is C47H78NO8P. The van der Waals surface area contributed by atoms with Crippen LogP contribution in [0, 0.1) is 0 Å². The van der Waals surface area contributed by atoms with Crippen molar-refractivity contribution in [3.05, 3.63) is 97.2 Å². The molecule has 0 radical (unpaired) electrons. The quantitative estimate of drug-likeness (QED) is 0.0269. The topological polar surface area (TPSA) is 134 Å². The molecular weight excluding hydrogens is 737 g/mol. The highest BCUT2D eigenvalue weighted by Gasteiger charge is 2.25. The van der Waals surface area contributed by atoms with Gasteiger partial charge in [0, 0.05) is 19.4 Å². The van der Waals surface area contributed by atoms with Crippen molar-refractivity contribution in [3.63, 3.8) is 0 Å². The minimum Gasteiger partial charge on any atom is -0.462 e. The number of hydrogen-bond donors (Lipinski definition) is 2. The summed E-state index contributed by atoms with van der Waals surface area (Å²) in [5, 5.41) is 0.